The van der Waals surface area contributed by atoms with Crippen LogP contribution >= 0.6 is 0 Å². The first-order valence-electron chi connectivity index (χ1n) is 8.02. The number of piperidine rings is 2. The van der Waals surface area contributed by atoms with Gasteiger partial charge < -0.3 is 16.0 Å². The molecule has 0 aromatic carbocycles. The Bertz CT molecular complexity index is 318. The molecule has 0 spiro atoms. The zero-order chi connectivity index (χ0) is 12.9. The minimum atomic E-state index is 0.616. The van der Waals surface area contributed by atoms with Gasteiger partial charge in [0.15, 0.2) is 0 Å². The predicted octanol–water partition coefficient (Wildman–Crippen LogP) is 1.93. The van der Waals surface area contributed by atoms with E-state index in [-0.39, 0.29) is 0 Å². The lowest BCUT2D eigenvalue weighted by molar-refractivity contribution is 0.229. The summed E-state index contributed by atoms with van der Waals surface area (Å²) in [6.07, 6.45) is 14.8. The largest absolute Gasteiger partial charge is 0.385 e. The first-order valence-corrected chi connectivity index (χ1v) is 8.02. The number of dihydropyridines is 1. The first kappa shape index (κ1) is 13.2. The molecule has 2 fully saturated rings. The Kier molecular flexibility index (Phi) is 4.57. The molecule has 106 valence electrons. The summed E-state index contributed by atoms with van der Waals surface area (Å²) < 4.78 is 0. The van der Waals surface area contributed by atoms with Gasteiger partial charge in [0.05, 0.1) is 0 Å². The molecule has 19 heavy (non-hydrogen) atoms. The zero-order valence-corrected chi connectivity index (χ0v) is 11.8. The molecule has 0 aliphatic carbocycles. The smallest absolute Gasteiger partial charge is 0.0330 e. The van der Waals surface area contributed by atoms with E-state index in [1.165, 1.54) is 57.3 Å². The second-order valence-corrected chi connectivity index (χ2v) is 6.07. The van der Waals surface area contributed by atoms with E-state index in [0.29, 0.717) is 18.0 Å². The lowest BCUT2D eigenvalue weighted by Gasteiger charge is -2.40. The summed E-state index contributed by atoms with van der Waals surface area (Å²) in [5.41, 5.74) is 1.45. The monoisotopic (exact) mass is 261 g/mol. The Balaban J connectivity index is 1.76. The average molecular weight is 261 g/mol. The third-order valence-corrected chi connectivity index (χ3v) is 4.76. The number of hydrogen-bond acceptors (Lipinski definition) is 3. The van der Waals surface area contributed by atoms with Crippen LogP contribution in [0.2, 0.25) is 0 Å². The maximum absolute atomic E-state index is 3.77. The second-order valence-electron chi connectivity index (χ2n) is 6.07. The van der Waals surface area contributed by atoms with Gasteiger partial charge in [-0.2, -0.15) is 0 Å². The van der Waals surface area contributed by atoms with Crippen molar-refractivity contribution >= 4 is 0 Å². The highest BCUT2D eigenvalue weighted by Crippen LogP contribution is 2.28. The molecule has 2 saturated heterocycles. The van der Waals surface area contributed by atoms with Crippen molar-refractivity contribution in [3.05, 3.63) is 23.9 Å². The van der Waals surface area contributed by atoms with Crippen LogP contribution in [-0.4, -0.2) is 31.7 Å². The molecular weight excluding hydrogens is 234 g/mol. The van der Waals surface area contributed by atoms with E-state index >= 15 is 0 Å². The quantitative estimate of drug-likeness (QED) is 0.726. The molecule has 0 aromatic rings. The minimum absolute atomic E-state index is 0.616. The Morgan fingerprint density at radius 1 is 0.947 bits per heavy atom. The fraction of sp³-hybridized carbons (Fsp3) is 0.750. The topological polar surface area (TPSA) is 36.1 Å². The summed E-state index contributed by atoms with van der Waals surface area (Å²) >= 11 is 0. The van der Waals surface area contributed by atoms with E-state index in [2.05, 4.69) is 34.2 Å². The van der Waals surface area contributed by atoms with Gasteiger partial charge in [-0.15, -0.1) is 0 Å². The Morgan fingerprint density at radius 2 is 1.63 bits per heavy atom. The molecule has 3 N–H and O–H groups in total. The summed E-state index contributed by atoms with van der Waals surface area (Å²) in [5, 5.41) is 11.1. The molecule has 3 heterocycles. The molecule has 3 aliphatic rings. The van der Waals surface area contributed by atoms with Gasteiger partial charge in [0, 0.05) is 30.2 Å². The third kappa shape index (κ3) is 3.21. The minimum Gasteiger partial charge on any atom is -0.385 e. The van der Waals surface area contributed by atoms with Gasteiger partial charge in [0.1, 0.15) is 0 Å². The standard InChI is InChI=1S/C16H27N3/c1-4-10-17-13(7-1)16(14-8-2-5-11-18-14)15-9-3-6-12-19-15/h1,4,7,14-19H,2-3,5-6,8-12H2. The van der Waals surface area contributed by atoms with E-state index in [0.717, 1.165) is 6.54 Å². The van der Waals surface area contributed by atoms with Gasteiger partial charge in [-0.3, -0.25) is 0 Å². The lowest BCUT2D eigenvalue weighted by atomic mass is 9.80. The van der Waals surface area contributed by atoms with Gasteiger partial charge in [-0.05, 0) is 44.8 Å². The molecule has 0 bridgehead atoms. The first-order chi connectivity index (χ1) is 9.45. The fourth-order valence-corrected chi connectivity index (χ4v) is 3.79. The SMILES string of the molecule is C1=CCNC(C(C2CCCCN2)C2CCCCN2)=C1. The molecular formula is C16H27N3. The molecule has 2 unspecified atom stereocenters. The van der Waals surface area contributed by atoms with E-state index in [1.54, 1.807) is 0 Å². The van der Waals surface area contributed by atoms with Crippen LogP contribution < -0.4 is 16.0 Å². The molecule has 0 amide bonds. The van der Waals surface area contributed by atoms with Gasteiger partial charge in [-0.25, -0.2) is 0 Å². The highest BCUT2D eigenvalue weighted by atomic mass is 15.0. The predicted molar refractivity (Wildman–Crippen MR) is 80.0 cm³/mol. The van der Waals surface area contributed by atoms with Crippen molar-refractivity contribution in [2.45, 2.75) is 50.6 Å². The molecule has 2 atom stereocenters. The van der Waals surface area contributed by atoms with Crippen LogP contribution in [0.3, 0.4) is 0 Å². The van der Waals surface area contributed by atoms with Crippen LogP contribution in [0.1, 0.15) is 38.5 Å². The number of nitrogens with one attached hydrogen (secondary N) is 3. The fourth-order valence-electron chi connectivity index (χ4n) is 3.79. The second kappa shape index (κ2) is 6.58. The summed E-state index contributed by atoms with van der Waals surface area (Å²) in [6, 6.07) is 1.30. The molecule has 3 aliphatic heterocycles. The summed E-state index contributed by atoms with van der Waals surface area (Å²) in [7, 11) is 0. The Labute approximate surface area is 116 Å². The molecule has 3 nitrogen and oxygen atoms in total. The lowest BCUT2D eigenvalue weighted by Crippen LogP contribution is -2.53. The highest BCUT2D eigenvalue weighted by molar-refractivity contribution is 5.22. The zero-order valence-electron chi connectivity index (χ0n) is 11.8. The van der Waals surface area contributed by atoms with Crippen LogP contribution in [0.15, 0.2) is 23.9 Å². The van der Waals surface area contributed by atoms with Crippen molar-refractivity contribution in [3.8, 4) is 0 Å². The average Bonchev–Trinajstić information content (AvgIpc) is 2.51. The van der Waals surface area contributed by atoms with E-state index in [9.17, 15) is 0 Å². The van der Waals surface area contributed by atoms with Crippen molar-refractivity contribution in [2.24, 2.45) is 5.92 Å². The third-order valence-electron chi connectivity index (χ3n) is 4.76. The normalized spacial score (nSPS) is 33.4. The van der Waals surface area contributed by atoms with Crippen molar-refractivity contribution < 1.29 is 0 Å². The summed E-state index contributed by atoms with van der Waals surface area (Å²) in [4.78, 5) is 0. The molecule has 0 radical (unpaired) electrons. The number of rotatable bonds is 3. The van der Waals surface area contributed by atoms with E-state index in [4.69, 9.17) is 0 Å². The van der Waals surface area contributed by atoms with Crippen LogP contribution in [0.5, 0.6) is 0 Å². The van der Waals surface area contributed by atoms with Crippen molar-refractivity contribution in [2.75, 3.05) is 19.6 Å². The molecule has 0 aromatic heterocycles. The number of hydrogen-bond donors (Lipinski definition) is 3. The molecule has 0 saturated carbocycles. The van der Waals surface area contributed by atoms with E-state index < -0.39 is 0 Å². The van der Waals surface area contributed by atoms with E-state index in [1.807, 2.05) is 0 Å². The van der Waals surface area contributed by atoms with Crippen LogP contribution in [0, 0.1) is 5.92 Å². The van der Waals surface area contributed by atoms with Crippen molar-refractivity contribution in [1.29, 1.82) is 0 Å². The molecule has 3 heteroatoms. The van der Waals surface area contributed by atoms with Crippen molar-refractivity contribution in [1.82, 2.24) is 16.0 Å². The Morgan fingerprint density at radius 3 is 2.11 bits per heavy atom. The number of allylic oxidation sites excluding steroid dienone is 2. The van der Waals surface area contributed by atoms with Gasteiger partial charge >= 0.3 is 0 Å². The Hall–Kier alpha value is -0.800. The molecule has 3 rings (SSSR count). The van der Waals surface area contributed by atoms with Gasteiger partial charge in [0.25, 0.3) is 0 Å². The van der Waals surface area contributed by atoms with Crippen LogP contribution in [0.25, 0.3) is 0 Å². The maximum Gasteiger partial charge on any atom is 0.0330 e. The summed E-state index contributed by atoms with van der Waals surface area (Å²) in [6.45, 7) is 3.37. The highest BCUT2D eigenvalue weighted by Gasteiger charge is 2.33. The van der Waals surface area contributed by atoms with Crippen molar-refractivity contribution in [3.63, 3.8) is 0 Å². The maximum atomic E-state index is 3.77. The van der Waals surface area contributed by atoms with Gasteiger partial charge in [0.2, 0.25) is 0 Å². The van der Waals surface area contributed by atoms with Crippen LogP contribution in [0.4, 0.5) is 0 Å². The van der Waals surface area contributed by atoms with Crippen LogP contribution in [-0.2, 0) is 0 Å². The van der Waals surface area contributed by atoms with Gasteiger partial charge in [-0.1, -0.05) is 25.0 Å². The summed E-state index contributed by atoms with van der Waals surface area (Å²) in [5.74, 6) is 0.616.